The minimum atomic E-state index is -3.48. The Balaban J connectivity index is 1.20. The molecule has 5 nitrogen and oxygen atoms in total. The van der Waals surface area contributed by atoms with E-state index in [1.165, 1.54) is 11.3 Å². The SMILES string of the molecule is O=S(=O)(c1ccc(CN2CCN(c3ccccc3)CC2)cc1)N1CCc2ccccc2C1. The lowest BCUT2D eigenvalue weighted by molar-refractivity contribution is 0.250. The largest absolute Gasteiger partial charge is 0.369 e. The molecule has 0 aromatic heterocycles. The molecule has 0 atom stereocenters. The third kappa shape index (κ3) is 4.44. The molecule has 0 bridgehead atoms. The summed E-state index contributed by atoms with van der Waals surface area (Å²) in [5.41, 5.74) is 4.79. The summed E-state index contributed by atoms with van der Waals surface area (Å²) in [6.45, 7) is 5.85. The van der Waals surface area contributed by atoms with Gasteiger partial charge in [0.1, 0.15) is 0 Å². The lowest BCUT2D eigenvalue weighted by Crippen LogP contribution is -2.45. The fraction of sp³-hybridized carbons (Fsp3) is 0.308. The zero-order valence-electron chi connectivity index (χ0n) is 18.2. The van der Waals surface area contributed by atoms with E-state index in [2.05, 4.69) is 40.1 Å². The van der Waals surface area contributed by atoms with Gasteiger partial charge < -0.3 is 4.90 Å². The average Bonchev–Trinajstić information content (AvgIpc) is 2.85. The second kappa shape index (κ2) is 9.06. The topological polar surface area (TPSA) is 43.9 Å². The molecule has 2 heterocycles. The van der Waals surface area contributed by atoms with Gasteiger partial charge in [-0.3, -0.25) is 4.90 Å². The first-order chi connectivity index (χ1) is 15.6. The number of piperazine rings is 1. The fourth-order valence-corrected chi connectivity index (χ4v) is 6.07. The molecule has 0 radical (unpaired) electrons. The highest BCUT2D eigenvalue weighted by Gasteiger charge is 2.28. The lowest BCUT2D eigenvalue weighted by atomic mass is 10.0. The van der Waals surface area contributed by atoms with E-state index >= 15 is 0 Å². The van der Waals surface area contributed by atoms with Crippen LogP contribution in [0, 0.1) is 0 Å². The van der Waals surface area contributed by atoms with Crippen LogP contribution in [-0.2, 0) is 29.5 Å². The van der Waals surface area contributed by atoms with Gasteiger partial charge in [0, 0.05) is 51.5 Å². The van der Waals surface area contributed by atoms with Gasteiger partial charge in [-0.25, -0.2) is 8.42 Å². The van der Waals surface area contributed by atoms with Crippen LogP contribution < -0.4 is 4.90 Å². The summed E-state index contributed by atoms with van der Waals surface area (Å²) in [7, 11) is -3.48. The Morgan fingerprint density at radius 1 is 0.688 bits per heavy atom. The van der Waals surface area contributed by atoms with E-state index in [0.29, 0.717) is 18.0 Å². The van der Waals surface area contributed by atoms with Crippen LogP contribution in [0.25, 0.3) is 0 Å². The third-order valence-corrected chi connectivity index (χ3v) is 8.42. The summed E-state index contributed by atoms with van der Waals surface area (Å²) < 4.78 is 28.0. The molecule has 6 heteroatoms. The maximum absolute atomic E-state index is 13.2. The van der Waals surface area contributed by atoms with Crippen LogP contribution in [0.5, 0.6) is 0 Å². The molecular weight excluding hydrogens is 418 g/mol. The number of para-hydroxylation sites is 1. The van der Waals surface area contributed by atoms with Crippen molar-refractivity contribution in [1.29, 1.82) is 0 Å². The molecule has 0 N–H and O–H groups in total. The zero-order chi connectivity index (χ0) is 22.0. The molecule has 3 aromatic rings. The molecule has 5 rings (SSSR count). The molecule has 0 saturated carbocycles. The number of sulfonamides is 1. The quantitative estimate of drug-likeness (QED) is 0.598. The summed E-state index contributed by atoms with van der Waals surface area (Å²) in [5.74, 6) is 0. The van der Waals surface area contributed by atoms with Gasteiger partial charge in [-0.2, -0.15) is 4.31 Å². The number of rotatable bonds is 5. The van der Waals surface area contributed by atoms with Crippen LogP contribution in [-0.4, -0.2) is 50.3 Å². The highest BCUT2D eigenvalue weighted by Crippen LogP contribution is 2.25. The van der Waals surface area contributed by atoms with Crippen molar-refractivity contribution in [2.45, 2.75) is 24.4 Å². The zero-order valence-corrected chi connectivity index (χ0v) is 19.0. The van der Waals surface area contributed by atoms with Crippen molar-refractivity contribution in [2.24, 2.45) is 0 Å². The van der Waals surface area contributed by atoms with Crippen molar-refractivity contribution in [1.82, 2.24) is 9.21 Å². The predicted molar refractivity (Wildman–Crippen MR) is 128 cm³/mol. The van der Waals surface area contributed by atoms with Gasteiger partial charge in [0.15, 0.2) is 0 Å². The molecule has 1 fully saturated rings. The van der Waals surface area contributed by atoms with Gasteiger partial charge in [0.2, 0.25) is 10.0 Å². The summed E-state index contributed by atoms with van der Waals surface area (Å²) in [6.07, 6.45) is 0.766. The monoisotopic (exact) mass is 447 g/mol. The Morgan fingerprint density at radius 3 is 2.06 bits per heavy atom. The van der Waals surface area contributed by atoms with E-state index in [0.717, 1.165) is 50.3 Å². The molecule has 0 amide bonds. The van der Waals surface area contributed by atoms with E-state index < -0.39 is 10.0 Å². The van der Waals surface area contributed by atoms with Crippen molar-refractivity contribution >= 4 is 15.7 Å². The first-order valence-electron chi connectivity index (χ1n) is 11.3. The molecule has 32 heavy (non-hydrogen) atoms. The Kier molecular flexibility index (Phi) is 6.00. The van der Waals surface area contributed by atoms with Gasteiger partial charge in [0.05, 0.1) is 4.90 Å². The second-order valence-electron chi connectivity index (χ2n) is 8.60. The molecule has 0 unspecified atom stereocenters. The van der Waals surface area contributed by atoms with Crippen LogP contribution in [0.2, 0.25) is 0 Å². The van der Waals surface area contributed by atoms with Crippen LogP contribution in [0.3, 0.4) is 0 Å². The first-order valence-corrected chi connectivity index (χ1v) is 12.7. The Hall–Kier alpha value is -2.67. The third-order valence-electron chi connectivity index (χ3n) is 6.56. The number of hydrogen-bond donors (Lipinski definition) is 0. The van der Waals surface area contributed by atoms with Crippen molar-refractivity contribution < 1.29 is 8.42 Å². The van der Waals surface area contributed by atoms with Crippen LogP contribution >= 0.6 is 0 Å². The van der Waals surface area contributed by atoms with Gasteiger partial charge in [-0.15, -0.1) is 0 Å². The Morgan fingerprint density at radius 2 is 1.34 bits per heavy atom. The van der Waals surface area contributed by atoms with E-state index in [9.17, 15) is 8.42 Å². The second-order valence-corrected chi connectivity index (χ2v) is 10.5. The summed E-state index contributed by atoms with van der Waals surface area (Å²) in [6, 6.07) is 26.1. The van der Waals surface area contributed by atoms with Crippen molar-refractivity contribution in [3.63, 3.8) is 0 Å². The predicted octanol–water partition coefficient (Wildman–Crippen LogP) is 3.76. The number of anilines is 1. The van der Waals surface area contributed by atoms with Crippen LogP contribution in [0.1, 0.15) is 16.7 Å². The van der Waals surface area contributed by atoms with E-state index in [4.69, 9.17) is 0 Å². The molecule has 0 spiro atoms. The van der Waals surface area contributed by atoms with Crippen LogP contribution in [0.4, 0.5) is 5.69 Å². The van der Waals surface area contributed by atoms with Gasteiger partial charge >= 0.3 is 0 Å². The minimum Gasteiger partial charge on any atom is -0.369 e. The summed E-state index contributed by atoms with van der Waals surface area (Å²) in [5, 5.41) is 0. The van der Waals surface area contributed by atoms with Gasteiger partial charge in [-0.1, -0.05) is 54.6 Å². The van der Waals surface area contributed by atoms with Gasteiger partial charge in [-0.05, 0) is 47.4 Å². The Bertz CT molecular complexity index is 1160. The molecule has 2 aliphatic rings. The highest BCUT2D eigenvalue weighted by atomic mass is 32.2. The van der Waals surface area contributed by atoms with E-state index in [1.54, 1.807) is 16.4 Å². The fourth-order valence-electron chi connectivity index (χ4n) is 4.65. The van der Waals surface area contributed by atoms with E-state index in [-0.39, 0.29) is 0 Å². The first kappa shape index (κ1) is 21.2. The molecule has 3 aromatic carbocycles. The number of benzene rings is 3. The van der Waals surface area contributed by atoms with Gasteiger partial charge in [0.25, 0.3) is 0 Å². The van der Waals surface area contributed by atoms with Crippen molar-refractivity contribution in [3.8, 4) is 0 Å². The summed E-state index contributed by atoms with van der Waals surface area (Å²) in [4.78, 5) is 5.24. The smallest absolute Gasteiger partial charge is 0.243 e. The normalized spacial score (nSPS) is 17.8. The molecule has 0 aliphatic carbocycles. The maximum Gasteiger partial charge on any atom is 0.243 e. The molecule has 2 aliphatic heterocycles. The average molecular weight is 448 g/mol. The number of nitrogens with zero attached hydrogens (tertiary/aromatic N) is 3. The molecular formula is C26H29N3O2S. The molecule has 166 valence electrons. The lowest BCUT2D eigenvalue weighted by Gasteiger charge is -2.36. The minimum absolute atomic E-state index is 0.384. The van der Waals surface area contributed by atoms with Crippen LogP contribution in [0.15, 0.2) is 83.8 Å². The number of fused-ring (bicyclic) bond motifs is 1. The van der Waals surface area contributed by atoms with Crippen molar-refractivity contribution in [2.75, 3.05) is 37.6 Å². The number of hydrogen-bond acceptors (Lipinski definition) is 4. The van der Waals surface area contributed by atoms with Crippen molar-refractivity contribution in [3.05, 3.63) is 95.6 Å². The molecule has 1 saturated heterocycles. The van der Waals surface area contributed by atoms with E-state index in [1.807, 2.05) is 36.4 Å². The summed E-state index contributed by atoms with van der Waals surface area (Å²) >= 11 is 0. The standard InChI is InChI=1S/C26H29N3O2S/c30-32(31,29-15-14-23-6-4-5-7-24(23)21-29)26-12-10-22(11-13-26)20-27-16-18-28(19-17-27)25-8-2-1-3-9-25/h1-13H,14-21H2. The highest BCUT2D eigenvalue weighted by molar-refractivity contribution is 7.89. The Labute approximate surface area is 190 Å². The maximum atomic E-state index is 13.2.